The molecule has 2 fully saturated rings. The van der Waals surface area contributed by atoms with Crippen molar-refractivity contribution < 1.29 is 14.0 Å². The summed E-state index contributed by atoms with van der Waals surface area (Å²) in [6.45, 7) is 8.95. The van der Waals surface area contributed by atoms with Crippen LogP contribution in [0.15, 0.2) is 12.1 Å². The standard InChI is InChI=1S/C15H23BN2O3/c1-14(2)15(3,4)21-16(20-14)10-8-11(18-13(17)9-10)12-6-5-7-19-12/h8-9,12H,5-7H2,1-4H3,(H2,17,18). The number of anilines is 1. The molecular weight excluding hydrogens is 267 g/mol. The Morgan fingerprint density at radius 1 is 1.19 bits per heavy atom. The molecule has 21 heavy (non-hydrogen) atoms. The first-order chi connectivity index (χ1) is 9.78. The molecule has 3 rings (SSSR count). The molecule has 0 spiro atoms. The first kappa shape index (κ1) is 14.8. The van der Waals surface area contributed by atoms with E-state index in [1.807, 2.05) is 39.8 Å². The lowest BCUT2D eigenvalue weighted by atomic mass is 9.79. The van der Waals surface area contributed by atoms with E-state index in [0.29, 0.717) is 5.82 Å². The van der Waals surface area contributed by atoms with Crippen LogP contribution in [-0.2, 0) is 14.0 Å². The minimum Gasteiger partial charge on any atom is -0.399 e. The van der Waals surface area contributed by atoms with E-state index in [9.17, 15) is 0 Å². The van der Waals surface area contributed by atoms with Crippen molar-refractivity contribution in [2.45, 2.75) is 57.8 Å². The van der Waals surface area contributed by atoms with Crippen LogP contribution < -0.4 is 11.2 Å². The minimum atomic E-state index is -0.416. The highest BCUT2D eigenvalue weighted by atomic mass is 16.7. The fourth-order valence-corrected chi connectivity index (χ4v) is 2.69. The van der Waals surface area contributed by atoms with Gasteiger partial charge in [-0.3, -0.25) is 0 Å². The van der Waals surface area contributed by atoms with Crippen molar-refractivity contribution in [3.05, 3.63) is 17.8 Å². The summed E-state index contributed by atoms with van der Waals surface area (Å²) < 4.78 is 17.8. The number of aromatic nitrogens is 1. The molecule has 2 saturated heterocycles. The van der Waals surface area contributed by atoms with Crippen molar-refractivity contribution in [2.24, 2.45) is 0 Å². The molecule has 2 aliphatic rings. The second-order valence-corrected chi connectivity index (χ2v) is 6.84. The van der Waals surface area contributed by atoms with E-state index >= 15 is 0 Å². The van der Waals surface area contributed by atoms with Crippen LogP contribution in [0.4, 0.5) is 5.82 Å². The Labute approximate surface area is 126 Å². The Hall–Kier alpha value is -1.11. The SMILES string of the molecule is CC1(C)OB(c2cc(N)nc(C3CCCO3)c2)OC1(C)C. The fraction of sp³-hybridized carbons (Fsp3) is 0.667. The zero-order chi connectivity index (χ0) is 15.3. The van der Waals surface area contributed by atoms with Gasteiger partial charge >= 0.3 is 7.12 Å². The Morgan fingerprint density at radius 3 is 2.43 bits per heavy atom. The number of pyridine rings is 1. The van der Waals surface area contributed by atoms with E-state index in [1.54, 1.807) is 0 Å². The highest BCUT2D eigenvalue weighted by Crippen LogP contribution is 2.37. The van der Waals surface area contributed by atoms with Gasteiger partial charge in [0.1, 0.15) is 5.82 Å². The molecule has 114 valence electrons. The van der Waals surface area contributed by atoms with Crippen LogP contribution in [-0.4, -0.2) is 29.9 Å². The van der Waals surface area contributed by atoms with Gasteiger partial charge in [-0.05, 0) is 58.1 Å². The molecule has 0 saturated carbocycles. The number of hydrogen-bond donors (Lipinski definition) is 1. The topological polar surface area (TPSA) is 66.6 Å². The van der Waals surface area contributed by atoms with Crippen LogP contribution in [0.1, 0.15) is 52.3 Å². The average molecular weight is 290 g/mol. The van der Waals surface area contributed by atoms with Crippen molar-refractivity contribution in [1.82, 2.24) is 4.98 Å². The zero-order valence-corrected chi connectivity index (χ0v) is 13.2. The maximum absolute atomic E-state index is 6.08. The van der Waals surface area contributed by atoms with Gasteiger partial charge < -0.3 is 19.8 Å². The van der Waals surface area contributed by atoms with Gasteiger partial charge in [0, 0.05) is 6.61 Å². The van der Waals surface area contributed by atoms with Crippen molar-refractivity contribution in [1.29, 1.82) is 0 Å². The number of nitrogen functional groups attached to an aromatic ring is 1. The second kappa shape index (κ2) is 4.97. The summed E-state index contributed by atoms with van der Waals surface area (Å²) in [6.07, 6.45) is 2.08. The Kier molecular flexibility index (Phi) is 3.51. The molecule has 1 atom stereocenters. The molecule has 0 amide bonds. The second-order valence-electron chi connectivity index (χ2n) is 6.84. The third-order valence-corrected chi connectivity index (χ3v) is 4.67. The van der Waals surface area contributed by atoms with E-state index in [0.717, 1.165) is 30.6 Å². The number of hydrogen-bond acceptors (Lipinski definition) is 5. The largest absolute Gasteiger partial charge is 0.495 e. The predicted molar refractivity (Wildman–Crippen MR) is 82.3 cm³/mol. The molecule has 0 radical (unpaired) electrons. The van der Waals surface area contributed by atoms with Crippen LogP contribution in [0.25, 0.3) is 0 Å². The lowest BCUT2D eigenvalue weighted by Crippen LogP contribution is -2.41. The van der Waals surface area contributed by atoms with Crippen LogP contribution >= 0.6 is 0 Å². The summed E-state index contributed by atoms with van der Waals surface area (Å²) in [5.74, 6) is 0.479. The summed E-state index contributed by atoms with van der Waals surface area (Å²) in [6, 6.07) is 3.81. The molecule has 1 aromatic heterocycles. The normalized spacial score (nSPS) is 27.2. The van der Waals surface area contributed by atoms with E-state index < -0.39 is 7.12 Å². The zero-order valence-electron chi connectivity index (χ0n) is 13.2. The summed E-state index contributed by atoms with van der Waals surface area (Å²) >= 11 is 0. The van der Waals surface area contributed by atoms with Gasteiger partial charge in [-0.15, -0.1) is 0 Å². The summed E-state index contributed by atoms with van der Waals surface area (Å²) in [4.78, 5) is 4.40. The third kappa shape index (κ3) is 2.68. The van der Waals surface area contributed by atoms with Crippen molar-refractivity contribution in [2.75, 3.05) is 12.3 Å². The lowest BCUT2D eigenvalue weighted by molar-refractivity contribution is 0.00578. The number of rotatable bonds is 2. The molecule has 2 aliphatic heterocycles. The van der Waals surface area contributed by atoms with Gasteiger partial charge in [0.15, 0.2) is 0 Å². The Morgan fingerprint density at radius 2 is 1.86 bits per heavy atom. The molecule has 2 N–H and O–H groups in total. The van der Waals surface area contributed by atoms with E-state index in [2.05, 4.69) is 4.98 Å². The quantitative estimate of drug-likeness (QED) is 0.841. The number of ether oxygens (including phenoxy) is 1. The third-order valence-electron chi connectivity index (χ3n) is 4.67. The van der Waals surface area contributed by atoms with Gasteiger partial charge in [0.05, 0.1) is 23.0 Å². The molecule has 5 nitrogen and oxygen atoms in total. The van der Waals surface area contributed by atoms with Gasteiger partial charge in [0.2, 0.25) is 0 Å². The first-order valence-electron chi connectivity index (χ1n) is 7.53. The monoisotopic (exact) mass is 290 g/mol. The van der Waals surface area contributed by atoms with Crippen molar-refractivity contribution in [3.63, 3.8) is 0 Å². The smallest absolute Gasteiger partial charge is 0.399 e. The molecule has 1 aromatic rings. The molecular formula is C15H23BN2O3. The molecule has 1 unspecified atom stereocenters. The molecule has 0 aliphatic carbocycles. The Bertz CT molecular complexity index is 526. The molecule has 3 heterocycles. The Balaban J connectivity index is 1.89. The maximum atomic E-state index is 6.08. The summed E-state index contributed by atoms with van der Waals surface area (Å²) in [5, 5.41) is 0. The highest BCUT2D eigenvalue weighted by Gasteiger charge is 2.51. The van der Waals surface area contributed by atoms with Gasteiger partial charge in [-0.1, -0.05) is 0 Å². The van der Waals surface area contributed by atoms with Gasteiger partial charge in [0.25, 0.3) is 0 Å². The highest BCUT2D eigenvalue weighted by molar-refractivity contribution is 6.62. The fourth-order valence-electron chi connectivity index (χ4n) is 2.69. The van der Waals surface area contributed by atoms with Crippen molar-refractivity contribution >= 4 is 18.4 Å². The van der Waals surface area contributed by atoms with Crippen LogP contribution in [0, 0.1) is 0 Å². The van der Waals surface area contributed by atoms with E-state index in [4.69, 9.17) is 19.8 Å². The van der Waals surface area contributed by atoms with Crippen LogP contribution in [0.5, 0.6) is 0 Å². The van der Waals surface area contributed by atoms with Crippen LogP contribution in [0.2, 0.25) is 0 Å². The molecule has 6 heteroatoms. The van der Waals surface area contributed by atoms with Crippen molar-refractivity contribution in [3.8, 4) is 0 Å². The number of nitrogens with two attached hydrogens (primary N) is 1. The maximum Gasteiger partial charge on any atom is 0.495 e. The molecule has 0 bridgehead atoms. The van der Waals surface area contributed by atoms with E-state index in [-0.39, 0.29) is 17.3 Å². The first-order valence-corrected chi connectivity index (χ1v) is 7.53. The summed E-state index contributed by atoms with van der Waals surface area (Å²) in [7, 11) is -0.416. The molecule has 0 aromatic carbocycles. The lowest BCUT2D eigenvalue weighted by Gasteiger charge is -2.32. The summed E-state index contributed by atoms with van der Waals surface area (Å²) in [5.41, 5.74) is 7.01. The average Bonchev–Trinajstić information content (AvgIpc) is 2.96. The number of nitrogens with zero attached hydrogens (tertiary/aromatic N) is 1. The van der Waals surface area contributed by atoms with E-state index in [1.165, 1.54) is 0 Å². The minimum absolute atomic E-state index is 0.0367. The van der Waals surface area contributed by atoms with Gasteiger partial charge in [-0.2, -0.15) is 0 Å². The predicted octanol–water partition coefficient (Wildman–Crippen LogP) is 1.81. The van der Waals surface area contributed by atoms with Crippen LogP contribution in [0.3, 0.4) is 0 Å². The van der Waals surface area contributed by atoms with Gasteiger partial charge in [-0.25, -0.2) is 4.98 Å².